The standard InChI is InChI=1S/C17H17BrClNO2/c1-3-12-4-7-14(8-5-12)20-17(21)11(2)22-16-9-6-13(18)10-15(16)19/h4-11H,3H2,1-2H3,(H,20,21)/t11-/m0/s1. The normalized spacial score (nSPS) is 11.8. The van der Waals surface area contributed by atoms with Gasteiger partial charge in [0.2, 0.25) is 0 Å². The van der Waals surface area contributed by atoms with Gasteiger partial charge in [0.1, 0.15) is 5.75 Å². The predicted octanol–water partition coefficient (Wildman–Crippen LogP) is 5.07. The van der Waals surface area contributed by atoms with Gasteiger partial charge in [-0.1, -0.05) is 46.6 Å². The van der Waals surface area contributed by atoms with Gasteiger partial charge in [-0.25, -0.2) is 0 Å². The average Bonchev–Trinajstić information content (AvgIpc) is 2.50. The maximum absolute atomic E-state index is 12.2. The molecular weight excluding hydrogens is 366 g/mol. The first-order chi connectivity index (χ1) is 10.5. The fraction of sp³-hybridized carbons (Fsp3) is 0.235. The third kappa shape index (κ3) is 4.49. The molecule has 116 valence electrons. The highest BCUT2D eigenvalue weighted by atomic mass is 79.9. The minimum atomic E-state index is -0.649. The Balaban J connectivity index is 1.99. The first-order valence-corrected chi connectivity index (χ1v) is 8.18. The Morgan fingerprint density at radius 2 is 1.95 bits per heavy atom. The van der Waals surface area contributed by atoms with Crippen LogP contribution in [0, 0.1) is 0 Å². The van der Waals surface area contributed by atoms with Crippen LogP contribution in [0.15, 0.2) is 46.9 Å². The van der Waals surface area contributed by atoms with E-state index >= 15 is 0 Å². The summed E-state index contributed by atoms with van der Waals surface area (Å²) >= 11 is 9.41. The molecule has 1 amide bonds. The van der Waals surface area contributed by atoms with Gasteiger partial charge in [-0.15, -0.1) is 0 Å². The molecule has 0 saturated heterocycles. The highest BCUT2D eigenvalue weighted by Crippen LogP contribution is 2.28. The van der Waals surface area contributed by atoms with Crippen LogP contribution in [-0.2, 0) is 11.2 Å². The summed E-state index contributed by atoms with van der Waals surface area (Å²) in [5, 5.41) is 3.29. The highest BCUT2D eigenvalue weighted by Gasteiger charge is 2.16. The van der Waals surface area contributed by atoms with Crippen LogP contribution in [-0.4, -0.2) is 12.0 Å². The minimum Gasteiger partial charge on any atom is -0.479 e. The third-order valence-corrected chi connectivity index (χ3v) is 3.99. The lowest BCUT2D eigenvalue weighted by atomic mass is 10.1. The number of carbonyl (C=O) groups is 1. The van der Waals surface area contributed by atoms with E-state index in [-0.39, 0.29) is 5.91 Å². The van der Waals surface area contributed by atoms with Gasteiger partial charge in [-0.2, -0.15) is 0 Å². The van der Waals surface area contributed by atoms with E-state index in [0.717, 1.165) is 16.6 Å². The van der Waals surface area contributed by atoms with E-state index < -0.39 is 6.10 Å². The number of benzene rings is 2. The number of anilines is 1. The maximum Gasteiger partial charge on any atom is 0.265 e. The molecule has 0 saturated carbocycles. The van der Waals surface area contributed by atoms with Gasteiger partial charge in [0.05, 0.1) is 5.02 Å². The Hall–Kier alpha value is -1.52. The molecule has 0 fully saturated rings. The summed E-state index contributed by atoms with van der Waals surface area (Å²) in [4.78, 5) is 12.2. The molecule has 0 aliphatic rings. The van der Waals surface area contributed by atoms with Crippen LogP contribution in [0.3, 0.4) is 0 Å². The smallest absolute Gasteiger partial charge is 0.265 e. The third-order valence-electron chi connectivity index (χ3n) is 3.20. The molecule has 2 rings (SSSR count). The number of amides is 1. The van der Waals surface area contributed by atoms with E-state index in [1.54, 1.807) is 19.1 Å². The van der Waals surface area contributed by atoms with E-state index in [9.17, 15) is 4.79 Å². The number of nitrogens with one attached hydrogen (secondary N) is 1. The number of aryl methyl sites for hydroxylation is 1. The van der Waals surface area contributed by atoms with Gasteiger partial charge in [0.25, 0.3) is 5.91 Å². The van der Waals surface area contributed by atoms with Gasteiger partial charge in [0, 0.05) is 10.2 Å². The van der Waals surface area contributed by atoms with Crippen LogP contribution < -0.4 is 10.1 Å². The van der Waals surface area contributed by atoms with Crippen LogP contribution in [0.5, 0.6) is 5.75 Å². The fourth-order valence-electron chi connectivity index (χ4n) is 1.88. The van der Waals surface area contributed by atoms with Crippen LogP contribution in [0.25, 0.3) is 0 Å². The van der Waals surface area contributed by atoms with Gasteiger partial charge >= 0.3 is 0 Å². The lowest BCUT2D eigenvalue weighted by Gasteiger charge is -2.16. The second-order valence-corrected chi connectivity index (χ2v) is 6.20. The molecule has 0 bridgehead atoms. The quantitative estimate of drug-likeness (QED) is 0.784. The average molecular weight is 383 g/mol. The largest absolute Gasteiger partial charge is 0.479 e. The molecule has 0 spiro atoms. The lowest BCUT2D eigenvalue weighted by Crippen LogP contribution is -2.30. The molecule has 0 aliphatic carbocycles. The first-order valence-electron chi connectivity index (χ1n) is 7.01. The van der Waals surface area contributed by atoms with Crippen molar-refractivity contribution >= 4 is 39.1 Å². The Morgan fingerprint density at radius 1 is 1.27 bits per heavy atom. The number of hydrogen-bond donors (Lipinski definition) is 1. The molecule has 2 aromatic rings. The molecule has 0 radical (unpaired) electrons. The van der Waals surface area contributed by atoms with Crippen LogP contribution in [0.2, 0.25) is 5.02 Å². The zero-order chi connectivity index (χ0) is 16.1. The Kier molecular flexibility index (Phi) is 5.86. The molecule has 1 atom stereocenters. The number of carbonyl (C=O) groups excluding carboxylic acids is 1. The second-order valence-electron chi connectivity index (χ2n) is 4.87. The summed E-state index contributed by atoms with van der Waals surface area (Å²) in [5.74, 6) is 0.261. The van der Waals surface area contributed by atoms with Crippen molar-refractivity contribution in [2.75, 3.05) is 5.32 Å². The molecule has 5 heteroatoms. The zero-order valence-electron chi connectivity index (χ0n) is 12.4. The van der Waals surface area contributed by atoms with Gasteiger partial charge in [-0.3, -0.25) is 4.79 Å². The molecule has 1 N–H and O–H groups in total. The van der Waals surface area contributed by atoms with Gasteiger partial charge in [0.15, 0.2) is 6.10 Å². The van der Waals surface area contributed by atoms with E-state index in [0.29, 0.717) is 10.8 Å². The maximum atomic E-state index is 12.2. The second kappa shape index (κ2) is 7.65. The van der Waals surface area contributed by atoms with Crippen molar-refractivity contribution in [3.63, 3.8) is 0 Å². The highest BCUT2D eigenvalue weighted by molar-refractivity contribution is 9.10. The van der Waals surface area contributed by atoms with E-state index in [4.69, 9.17) is 16.3 Å². The van der Waals surface area contributed by atoms with Crippen molar-refractivity contribution in [3.8, 4) is 5.75 Å². The predicted molar refractivity (Wildman–Crippen MR) is 93.7 cm³/mol. The summed E-state index contributed by atoms with van der Waals surface area (Å²) in [5.41, 5.74) is 1.98. The van der Waals surface area contributed by atoms with Crippen molar-refractivity contribution in [2.45, 2.75) is 26.4 Å². The Labute approximate surface area is 143 Å². The monoisotopic (exact) mass is 381 g/mol. The summed E-state index contributed by atoms with van der Waals surface area (Å²) < 4.78 is 6.47. The first kappa shape index (κ1) is 16.8. The number of rotatable bonds is 5. The van der Waals surface area contributed by atoms with E-state index in [1.807, 2.05) is 30.3 Å². The SMILES string of the molecule is CCc1ccc(NC(=O)[C@H](C)Oc2ccc(Br)cc2Cl)cc1. The van der Waals surface area contributed by atoms with Crippen LogP contribution >= 0.6 is 27.5 Å². The van der Waals surface area contributed by atoms with Crippen molar-refractivity contribution in [1.29, 1.82) is 0 Å². The van der Waals surface area contributed by atoms with Gasteiger partial charge < -0.3 is 10.1 Å². The Morgan fingerprint density at radius 3 is 2.55 bits per heavy atom. The molecule has 2 aromatic carbocycles. The molecule has 0 heterocycles. The summed E-state index contributed by atoms with van der Waals surface area (Å²) in [7, 11) is 0. The van der Waals surface area contributed by atoms with Crippen LogP contribution in [0.1, 0.15) is 19.4 Å². The number of hydrogen-bond acceptors (Lipinski definition) is 2. The van der Waals surface area contributed by atoms with Crippen molar-refractivity contribution in [3.05, 3.63) is 57.5 Å². The van der Waals surface area contributed by atoms with Crippen LogP contribution in [0.4, 0.5) is 5.69 Å². The fourth-order valence-corrected chi connectivity index (χ4v) is 2.60. The Bertz CT molecular complexity index is 658. The van der Waals surface area contributed by atoms with Crippen molar-refractivity contribution in [2.24, 2.45) is 0 Å². The lowest BCUT2D eigenvalue weighted by molar-refractivity contribution is -0.122. The molecular formula is C17H17BrClNO2. The zero-order valence-corrected chi connectivity index (χ0v) is 14.7. The minimum absolute atomic E-state index is 0.219. The van der Waals surface area contributed by atoms with Gasteiger partial charge in [-0.05, 0) is 49.2 Å². The topological polar surface area (TPSA) is 38.3 Å². The van der Waals surface area contributed by atoms with Crippen molar-refractivity contribution in [1.82, 2.24) is 0 Å². The van der Waals surface area contributed by atoms with E-state index in [2.05, 4.69) is 28.2 Å². The molecule has 0 unspecified atom stereocenters. The molecule has 0 aliphatic heterocycles. The van der Waals surface area contributed by atoms with Crippen molar-refractivity contribution < 1.29 is 9.53 Å². The molecule has 22 heavy (non-hydrogen) atoms. The van der Waals surface area contributed by atoms with E-state index in [1.165, 1.54) is 5.56 Å². The number of ether oxygens (including phenoxy) is 1. The summed E-state index contributed by atoms with van der Waals surface area (Å²) in [6.07, 6.45) is 0.319. The molecule has 3 nitrogen and oxygen atoms in total. The summed E-state index contributed by atoms with van der Waals surface area (Å²) in [6.45, 7) is 3.78. The number of halogens is 2. The summed E-state index contributed by atoms with van der Waals surface area (Å²) in [6, 6.07) is 13.0. The molecule has 0 aromatic heterocycles.